The van der Waals surface area contributed by atoms with Crippen molar-refractivity contribution in [3.8, 4) is 0 Å². The standard InChI is InChI=1S/C13H21NO2S/c1-10-6-4-7-11(2)13(10)12(14)8-5-9-17(3,15)16/h4,6-7,12H,5,8-9,14H2,1-3H3. The average Bonchev–Trinajstić information content (AvgIpc) is 2.15. The molecule has 0 aromatic heterocycles. The second-order valence-electron chi connectivity index (χ2n) is 4.68. The van der Waals surface area contributed by atoms with Gasteiger partial charge in [0.25, 0.3) is 0 Å². The fourth-order valence-corrected chi connectivity index (χ4v) is 2.81. The number of hydrogen-bond donors (Lipinski definition) is 1. The summed E-state index contributed by atoms with van der Waals surface area (Å²) in [5, 5.41) is 0. The summed E-state index contributed by atoms with van der Waals surface area (Å²) in [5.41, 5.74) is 9.64. The maximum absolute atomic E-state index is 11.0. The molecule has 0 bridgehead atoms. The molecule has 1 atom stereocenters. The molecule has 0 saturated heterocycles. The van der Waals surface area contributed by atoms with Gasteiger partial charge in [-0.1, -0.05) is 18.2 Å². The molecule has 0 aliphatic carbocycles. The highest BCUT2D eigenvalue weighted by Crippen LogP contribution is 2.23. The van der Waals surface area contributed by atoms with Crippen LogP contribution in [0, 0.1) is 13.8 Å². The minimum Gasteiger partial charge on any atom is -0.324 e. The van der Waals surface area contributed by atoms with Crippen molar-refractivity contribution in [2.24, 2.45) is 5.73 Å². The summed E-state index contributed by atoms with van der Waals surface area (Å²) in [4.78, 5) is 0. The molecule has 1 aromatic rings. The van der Waals surface area contributed by atoms with Crippen LogP contribution in [0.4, 0.5) is 0 Å². The third-order valence-corrected chi connectivity index (χ3v) is 3.97. The van der Waals surface area contributed by atoms with Gasteiger partial charge in [0.1, 0.15) is 9.84 Å². The van der Waals surface area contributed by atoms with Gasteiger partial charge < -0.3 is 5.73 Å². The zero-order valence-corrected chi connectivity index (χ0v) is 11.5. The predicted molar refractivity (Wildman–Crippen MR) is 71.8 cm³/mol. The smallest absolute Gasteiger partial charge is 0.147 e. The van der Waals surface area contributed by atoms with Crippen LogP contribution in [0.15, 0.2) is 18.2 Å². The number of aryl methyl sites for hydroxylation is 2. The van der Waals surface area contributed by atoms with E-state index in [0.29, 0.717) is 12.8 Å². The van der Waals surface area contributed by atoms with E-state index in [-0.39, 0.29) is 11.8 Å². The monoisotopic (exact) mass is 255 g/mol. The van der Waals surface area contributed by atoms with E-state index in [0.717, 1.165) is 5.56 Å². The fraction of sp³-hybridized carbons (Fsp3) is 0.538. The molecule has 0 saturated carbocycles. The van der Waals surface area contributed by atoms with Crippen molar-refractivity contribution in [1.29, 1.82) is 0 Å². The van der Waals surface area contributed by atoms with E-state index in [1.165, 1.54) is 17.4 Å². The number of rotatable bonds is 5. The largest absolute Gasteiger partial charge is 0.324 e. The predicted octanol–water partition coefficient (Wildman–Crippen LogP) is 2.13. The van der Waals surface area contributed by atoms with E-state index in [4.69, 9.17) is 5.73 Å². The first kappa shape index (κ1) is 14.2. The van der Waals surface area contributed by atoms with Crippen molar-refractivity contribution >= 4 is 9.84 Å². The molecule has 0 aliphatic rings. The first-order chi connectivity index (χ1) is 7.81. The van der Waals surface area contributed by atoms with Crippen LogP contribution in [0.1, 0.15) is 35.6 Å². The van der Waals surface area contributed by atoms with Crippen molar-refractivity contribution in [2.45, 2.75) is 32.7 Å². The molecule has 17 heavy (non-hydrogen) atoms. The molecule has 0 amide bonds. The van der Waals surface area contributed by atoms with Crippen LogP contribution in [-0.4, -0.2) is 20.4 Å². The van der Waals surface area contributed by atoms with E-state index in [1.54, 1.807) is 0 Å². The molecule has 4 heteroatoms. The van der Waals surface area contributed by atoms with Crippen molar-refractivity contribution < 1.29 is 8.42 Å². The highest BCUT2D eigenvalue weighted by molar-refractivity contribution is 7.90. The van der Waals surface area contributed by atoms with E-state index in [9.17, 15) is 8.42 Å². The summed E-state index contributed by atoms with van der Waals surface area (Å²) < 4.78 is 22.1. The Morgan fingerprint density at radius 1 is 1.24 bits per heavy atom. The Hall–Kier alpha value is -0.870. The molecule has 2 N–H and O–H groups in total. The van der Waals surface area contributed by atoms with Crippen LogP contribution >= 0.6 is 0 Å². The quantitative estimate of drug-likeness (QED) is 0.876. The van der Waals surface area contributed by atoms with Gasteiger partial charge in [0.15, 0.2) is 0 Å². The summed E-state index contributed by atoms with van der Waals surface area (Å²) in [5.74, 6) is 0.214. The Labute approximate surface area is 104 Å². The number of sulfone groups is 1. The van der Waals surface area contributed by atoms with Crippen molar-refractivity contribution in [2.75, 3.05) is 12.0 Å². The highest BCUT2D eigenvalue weighted by Gasteiger charge is 2.12. The lowest BCUT2D eigenvalue weighted by atomic mass is 9.94. The third kappa shape index (κ3) is 4.48. The lowest BCUT2D eigenvalue weighted by Crippen LogP contribution is -2.15. The molecule has 1 aromatic carbocycles. The minimum atomic E-state index is -2.88. The van der Waals surface area contributed by atoms with Gasteiger partial charge >= 0.3 is 0 Å². The molecule has 1 rings (SSSR count). The van der Waals surface area contributed by atoms with Crippen molar-refractivity contribution in [3.63, 3.8) is 0 Å². The molecule has 0 spiro atoms. The third-order valence-electron chi connectivity index (χ3n) is 2.94. The molecule has 0 fully saturated rings. The van der Waals surface area contributed by atoms with Crippen LogP contribution in [-0.2, 0) is 9.84 Å². The summed E-state index contributed by atoms with van der Waals surface area (Å²) in [6.45, 7) is 4.08. The summed E-state index contributed by atoms with van der Waals surface area (Å²) in [6, 6.07) is 6.02. The second kappa shape index (κ2) is 5.65. The van der Waals surface area contributed by atoms with Crippen LogP contribution < -0.4 is 5.73 Å². The first-order valence-corrected chi connectivity index (χ1v) is 7.87. The summed E-state index contributed by atoms with van der Waals surface area (Å²) in [7, 11) is -2.88. The maximum Gasteiger partial charge on any atom is 0.147 e. The summed E-state index contributed by atoms with van der Waals surface area (Å²) >= 11 is 0. The van der Waals surface area contributed by atoms with Gasteiger partial charge in [-0.15, -0.1) is 0 Å². The number of nitrogens with two attached hydrogens (primary N) is 1. The molecule has 0 radical (unpaired) electrons. The van der Waals surface area contributed by atoms with Crippen molar-refractivity contribution in [3.05, 3.63) is 34.9 Å². The molecule has 1 unspecified atom stereocenters. The van der Waals surface area contributed by atoms with Crippen LogP contribution in [0.5, 0.6) is 0 Å². The Bertz CT molecular complexity index is 460. The molecular weight excluding hydrogens is 234 g/mol. The maximum atomic E-state index is 11.0. The highest BCUT2D eigenvalue weighted by atomic mass is 32.2. The fourth-order valence-electron chi connectivity index (χ4n) is 2.12. The van der Waals surface area contributed by atoms with E-state index in [1.807, 2.05) is 32.0 Å². The van der Waals surface area contributed by atoms with Gasteiger partial charge in [0.2, 0.25) is 0 Å². The van der Waals surface area contributed by atoms with E-state index < -0.39 is 9.84 Å². The first-order valence-electron chi connectivity index (χ1n) is 5.80. The zero-order chi connectivity index (χ0) is 13.1. The lowest BCUT2D eigenvalue weighted by Gasteiger charge is -2.17. The number of benzene rings is 1. The van der Waals surface area contributed by atoms with Crippen LogP contribution in [0.25, 0.3) is 0 Å². The summed E-state index contributed by atoms with van der Waals surface area (Å²) in [6.07, 6.45) is 2.59. The molecule has 96 valence electrons. The molecular formula is C13H21NO2S. The average molecular weight is 255 g/mol. The SMILES string of the molecule is Cc1cccc(C)c1C(N)CCCS(C)(=O)=O. The van der Waals surface area contributed by atoms with Gasteiger partial charge in [0.05, 0.1) is 0 Å². The van der Waals surface area contributed by atoms with Crippen LogP contribution in [0.2, 0.25) is 0 Å². The van der Waals surface area contributed by atoms with Gasteiger partial charge in [0, 0.05) is 18.1 Å². The Balaban J connectivity index is 2.67. The molecule has 0 heterocycles. The van der Waals surface area contributed by atoms with E-state index in [2.05, 4.69) is 0 Å². The van der Waals surface area contributed by atoms with Crippen LogP contribution in [0.3, 0.4) is 0 Å². The topological polar surface area (TPSA) is 60.2 Å². The second-order valence-corrected chi connectivity index (χ2v) is 6.94. The van der Waals surface area contributed by atoms with Gasteiger partial charge in [-0.3, -0.25) is 0 Å². The Morgan fingerprint density at radius 3 is 2.24 bits per heavy atom. The molecule has 3 nitrogen and oxygen atoms in total. The van der Waals surface area contributed by atoms with Crippen molar-refractivity contribution in [1.82, 2.24) is 0 Å². The number of hydrogen-bond acceptors (Lipinski definition) is 3. The zero-order valence-electron chi connectivity index (χ0n) is 10.7. The lowest BCUT2D eigenvalue weighted by molar-refractivity contribution is 0.587. The normalized spacial score (nSPS) is 13.6. The molecule has 0 aliphatic heterocycles. The van der Waals surface area contributed by atoms with E-state index >= 15 is 0 Å². The van der Waals surface area contributed by atoms with Gasteiger partial charge in [-0.05, 0) is 43.4 Å². The van der Waals surface area contributed by atoms with Gasteiger partial charge in [-0.25, -0.2) is 8.42 Å². The minimum absolute atomic E-state index is 0.0713. The Morgan fingerprint density at radius 2 is 1.76 bits per heavy atom. The van der Waals surface area contributed by atoms with Gasteiger partial charge in [-0.2, -0.15) is 0 Å². The Kier molecular flexibility index (Phi) is 4.71.